The van der Waals surface area contributed by atoms with Crippen LogP contribution >= 0.6 is 0 Å². The van der Waals surface area contributed by atoms with Crippen molar-refractivity contribution < 1.29 is 18.7 Å². The van der Waals surface area contributed by atoms with Crippen LogP contribution in [0.15, 0.2) is 12.7 Å². The lowest BCUT2D eigenvalue weighted by Gasteiger charge is -1.99. The Kier molecular flexibility index (Phi) is 5.66. The van der Waals surface area contributed by atoms with Crippen LogP contribution < -0.4 is 0 Å². The fraction of sp³-hybridized carbons (Fsp3) is 0.500. The Morgan fingerprint density at radius 3 is 2.80 bits per heavy atom. The normalized spacial score (nSPS) is 8.90. The monoisotopic (exact) mass is 148 g/mol. The van der Waals surface area contributed by atoms with Gasteiger partial charge in [-0.05, 0) is 0 Å². The molecule has 0 bridgehead atoms. The molecular formula is C6H9FO3. The maximum atomic E-state index is 11.2. The highest BCUT2D eigenvalue weighted by Gasteiger charge is 1.93. The largest absolute Gasteiger partial charge is 0.460 e. The third-order valence-corrected chi connectivity index (χ3v) is 0.716. The summed E-state index contributed by atoms with van der Waals surface area (Å²) in [5, 5.41) is 0. The number of rotatable bonds is 5. The van der Waals surface area contributed by atoms with Crippen molar-refractivity contribution in [2.24, 2.45) is 0 Å². The van der Waals surface area contributed by atoms with Gasteiger partial charge in [-0.2, -0.15) is 0 Å². The molecule has 0 spiro atoms. The molecule has 0 unspecified atom stereocenters. The summed E-state index contributed by atoms with van der Waals surface area (Å²) in [7, 11) is 0. The van der Waals surface area contributed by atoms with Gasteiger partial charge in [0.05, 0.1) is 6.61 Å². The van der Waals surface area contributed by atoms with Crippen LogP contribution in [0.5, 0.6) is 0 Å². The summed E-state index contributed by atoms with van der Waals surface area (Å²) in [6.45, 7) is 2.46. The van der Waals surface area contributed by atoms with Crippen LogP contribution in [0.3, 0.4) is 0 Å². The van der Waals surface area contributed by atoms with Gasteiger partial charge in [0.15, 0.2) is 6.86 Å². The van der Waals surface area contributed by atoms with E-state index in [1.807, 2.05) is 0 Å². The topological polar surface area (TPSA) is 35.5 Å². The molecule has 0 saturated heterocycles. The van der Waals surface area contributed by atoms with Gasteiger partial charge in [0.25, 0.3) is 0 Å². The molecule has 0 heterocycles. The first-order chi connectivity index (χ1) is 4.81. The standard InChI is InChI=1S/C6H9FO3/c1-2-6(8)10-4-3-9-5-7/h2H,1,3-5H2. The minimum atomic E-state index is -0.856. The van der Waals surface area contributed by atoms with Gasteiger partial charge in [0.1, 0.15) is 6.61 Å². The van der Waals surface area contributed by atoms with E-state index in [2.05, 4.69) is 16.1 Å². The quantitative estimate of drug-likeness (QED) is 0.326. The SMILES string of the molecule is C=CC(=O)OCCOCF. The van der Waals surface area contributed by atoms with Gasteiger partial charge in [0, 0.05) is 6.08 Å². The van der Waals surface area contributed by atoms with E-state index in [9.17, 15) is 9.18 Å². The molecule has 0 aromatic heterocycles. The fourth-order valence-electron chi connectivity index (χ4n) is 0.315. The van der Waals surface area contributed by atoms with Crippen LogP contribution in [-0.2, 0) is 14.3 Å². The average Bonchev–Trinajstić information content (AvgIpc) is 1.98. The Bertz CT molecular complexity index is 114. The van der Waals surface area contributed by atoms with Crippen LogP contribution in [0.25, 0.3) is 0 Å². The molecule has 0 N–H and O–H groups in total. The predicted molar refractivity (Wildman–Crippen MR) is 33.1 cm³/mol. The summed E-state index contributed by atoms with van der Waals surface area (Å²) in [6.07, 6.45) is 1.04. The summed E-state index contributed by atoms with van der Waals surface area (Å²) >= 11 is 0. The highest BCUT2D eigenvalue weighted by Crippen LogP contribution is 1.80. The van der Waals surface area contributed by atoms with Gasteiger partial charge in [-0.25, -0.2) is 9.18 Å². The van der Waals surface area contributed by atoms with E-state index in [-0.39, 0.29) is 13.2 Å². The molecule has 0 fully saturated rings. The van der Waals surface area contributed by atoms with Gasteiger partial charge in [-0.3, -0.25) is 0 Å². The molecule has 0 radical (unpaired) electrons. The number of ether oxygens (including phenoxy) is 2. The summed E-state index contributed by atoms with van der Waals surface area (Å²) < 4.78 is 19.9. The predicted octanol–water partition coefficient (Wildman–Crippen LogP) is 0.659. The van der Waals surface area contributed by atoms with E-state index in [1.165, 1.54) is 0 Å². The zero-order chi connectivity index (χ0) is 7.82. The van der Waals surface area contributed by atoms with Crippen molar-refractivity contribution in [2.45, 2.75) is 0 Å². The van der Waals surface area contributed by atoms with E-state index >= 15 is 0 Å². The molecular weight excluding hydrogens is 139 g/mol. The van der Waals surface area contributed by atoms with E-state index in [0.717, 1.165) is 6.08 Å². The third kappa shape index (κ3) is 5.24. The summed E-state index contributed by atoms with van der Waals surface area (Å²) in [4.78, 5) is 10.3. The molecule has 3 nitrogen and oxygen atoms in total. The molecule has 0 amide bonds. The highest BCUT2D eigenvalue weighted by atomic mass is 19.1. The molecule has 0 aromatic rings. The Morgan fingerprint density at radius 1 is 1.60 bits per heavy atom. The van der Waals surface area contributed by atoms with Crippen molar-refractivity contribution in [1.29, 1.82) is 0 Å². The zero-order valence-corrected chi connectivity index (χ0v) is 5.51. The number of alkyl halides is 1. The van der Waals surface area contributed by atoms with E-state index in [4.69, 9.17) is 0 Å². The summed E-state index contributed by atoms with van der Waals surface area (Å²) in [6, 6.07) is 0. The number of halogens is 1. The smallest absolute Gasteiger partial charge is 0.330 e. The Labute approximate surface area is 58.4 Å². The van der Waals surface area contributed by atoms with Crippen LogP contribution in [0.4, 0.5) is 4.39 Å². The lowest BCUT2D eigenvalue weighted by Crippen LogP contribution is -2.07. The minimum Gasteiger partial charge on any atom is -0.460 e. The summed E-state index contributed by atoms with van der Waals surface area (Å²) in [5.74, 6) is -0.526. The van der Waals surface area contributed by atoms with Crippen molar-refractivity contribution >= 4 is 5.97 Å². The molecule has 0 aliphatic rings. The molecule has 0 rings (SSSR count). The van der Waals surface area contributed by atoms with Gasteiger partial charge in [-0.1, -0.05) is 6.58 Å². The van der Waals surface area contributed by atoms with Crippen LogP contribution in [0.2, 0.25) is 0 Å². The second kappa shape index (κ2) is 6.22. The van der Waals surface area contributed by atoms with Gasteiger partial charge < -0.3 is 9.47 Å². The Morgan fingerprint density at radius 2 is 2.30 bits per heavy atom. The molecule has 58 valence electrons. The molecule has 4 heteroatoms. The molecule has 0 atom stereocenters. The third-order valence-electron chi connectivity index (χ3n) is 0.716. The summed E-state index contributed by atoms with van der Waals surface area (Å²) in [5.41, 5.74) is 0. The van der Waals surface area contributed by atoms with Gasteiger partial charge in [-0.15, -0.1) is 0 Å². The highest BCUT2D eigenvalue weighted by molar-refractivity contribution is 5.81. The van der Waals surface area contributed by atoms with Crippen molar-refractivity contribution in [3.8, 4) is 0 Å². The Hall–Kier alpha value is -0.900. The zero-order valence-electron chi connectivity index (χ0n) is 5.51. The van der Waals surface area contributed by atoms with Crippen LogP contribution in [-0.4, -0.2) is 26.0 Å². The minimum absolute atomic E-state index is 0.0643. The maximum absolute atomic E-state index is 11.2. The maximum Gasteiger partial charge on any atom is 0.330 e. The van der Waals surface area contributed by atoms with Crippen molar-refractivity contribution in [3.63, 3.8) is 0 Å². The van der Waals surface area contributed by atoms with Crippen molar-refractivity contribution in [3.05, 3.63) is 12.7 Å². The first-order valence-corrected chi connectivity index (χ1v) is 2.74. The number of esters is 1. The number of hydrogen-bond acceptors (Lipinski definition) is 3. The van der Waals surface area contributed by atoms with Crippen molar-refractivity contribution in [2.75, 3.05) is 20.1 Å². The average molecular weight is 148 g/mol. The van der Waals surface area contributed by atoms with E-state index in [0.29, 0.717) is 0 Å². The molecule has 0 saturated carbocycles. The van der Waals surface area contributed by atoms with Gasteiger partial charge in [0.2, 0.25) is 0 Å². The number of carbonyl (C=O) groups is 1. The van der Waals surface area contributed by atoms with E-state index < -0.39 is 12.8 Å². The van der Waals surface area contributed by atoms with Crippen LogP contribution in [0, 0.1) is 0 Å². The van der Waals surface area contributed by atoms with E-state index in [1.54, 1.807) is 0 Å². The lowest BCUT2D eigenvalue weighted by molar-refractivity contribution is -0.139. The first-order valence-electron chi connectivity index (χ1n) is 2.74. The lowest BCUT2D eigenvalue weighted by atomic mass is 10.6. The molecule has 0 aliphatic carbocycles. The second-order valence-electron chi connectivity index (χ2n) is 1.39. The number of carbonyl (C=O) groups excluding carboxylic acids is 1. The number of hydrogen-bond donors (Lipinski definition) is 0. The molecule has 10 heavy (non-hydrogen) atoms. The van der Waals surface area contributed by atoms with Crippen molar-refractivity contribution in [1.82, 2.24) is 0 Å². The second-order valence-corrected chi connectivity index (χ2v) is 1.39. The fourth-order valence-corrected chi connectivity index (χ4v) is 0.315. The molecule has 0 aromatic carbocycles. The van der Waals surface area contributed by atoms with Gasteiger partial charge >= 0.3 is 5.97 Å². The Balaban J connectivity index is 3.03. The first kappa shape index (κ1) is 9.10. The molecule has 0 aliphatic heterocycles. The van der Waals surface area contributed by atoms with Crippen LogP contribution in [0.1, 0.15) is 0 Å².